The molecule has 1 atom stereocenters. The van der Waals surface area contributed by atoms with Crippen LogP contribution >= 0.6 is 0 Å². The van der Waals surface area contributed by atoms with Crippen LogP contribution in [0.5, 0.6) is 0 Å². The molecular weight excluding hydrogens is 252 g/mol. The first-order valence-electron chi connectivity index (χ1n) is 5.39. The lowest BCUT2D eigenvalue weighted by Gasteiger charge is -2.12. The molecule has 1 aromatic heterocycles. The molecule has 2 aromatic rings. The van der Waals surface area contributed by atoms with Crippen LogP contribution in [0.1, 0.15) is 18.7 Å². The number of nitrogens with one attached hydrogen (secondary N) is 1. The van der Waals surface area contributed by atoms with Gasteiger partial charge in [0.15, 0.2) is 0 Å². The highest BCUT2D eigenvalue weighted by Gasteiger charge is 2.10. The van der Waals surface area contributed by atoms with Gasteiger partial charge < -0.3 is 9.73 Å². The van der Waals surface area contributed by atoms with Gasteiger partial charge in [-0.25, -0.2) is 13.6 Å². The topological polar surface area (TPSA) is 85.3 Å². The van der Waals surface area contributed by atoms with Crippen LogP contribution in [-0.2, 0) is 10.0 Å². The molecule has 6 heteroatoms. The fourth-order valence-corrected chi connectivity index (χ4v) is 2.12. The van der Waals surface area contributed by atoms with Gasteiger partial charge in [-0.2, -0.15) is 0 Å². The van der Waals surface area contributed by atoms with Gasteiger partial charge in [-0.1, -0.05) is 0 Å². The van der Waals surface area contributed by atoms with Crippen molar-refractivity contribution in [3.8, 4) is 0 Å². The van der Waals surface area contributed by atoms with Crippen molar-refractivity contribution in [2.45, 2.75) is 17.9 Å². The molecule has 1 unspecified atom stereocenters. The van der Waals surface area contributed by atoms with Crippen LogP contribution in [0.15, 0.2) is 52.0 Å². The van der Waals surface area contributed by atoms with Gasteiger partial charge in [0.2, 0.25) is 10.0 Å². The van der Waals surface area contributed by atoms with Gasteiger partial charge >= 0.3 is 0 Å². The third kappa shape index (κ3) is 2.91. The Hall–Kier alpha value is -1.79. The van der Waals surface area contributed by atoms with Crippen molar-refractivity contribution in [2.24, 2.45) is 5.14 Å². The third-order valence-electron chi connectivity index (χ3n) is 2.54. The van der Waals surface area contributed by atoms with Gasteiger partial charge in [0, 0.05) is 5.69 Å². The van der Waals surface area contributed by atoms with E-state index in [1.807, 2.05) is 19.1 Å². The number of furan rings is 1. The maximum Gasteiger partial charge on any atom is 0.238 e. The molecule has 0 saturated carbocycles. The highest BCUT2D eigenvalue weighted by atomic mass is 32.2. The summed E-state index contributed by atoms with van der Waals surface area (Å²) in [5, 5.41) is 8.22. The molecule has 1 heterocycles. The maximum absolute atomic E-state index is 11.1. The lowest BCUT2D eigenvalue weighted by atomic mass is 10.2. The van der Waals surface area contributed by atoms with Crippen molar-refractivity contribution in [3.05, 3.63) is 48.4 Å². The van der Waals surface area contributed by atoms with E-state index in [-0.39, 0.29) is 10.9 Å². The highest BCUT2D eigenvalue weighted by Crippen LogP contribution is 2.20. The first-order chi connectivity index (χ1) is 8.47. The molecule has 0 spiro atoms. The lowest BCUT2D eigenvalue weighted by Crippen LogP contribution is -2.12. The van der Waals surface area contributed by atoms with E-state index in [9.17, 15) is 8.42 Å². The van der Waals surface area contributed by atoms with Gasteiger partial charge in [0.1, 0.15) is 5.76 Å². The molecule has 0 amide bonds. The Bertz CT molecular complexity index is 603. The molecule has 0 aliphatic carbocycles. The van der Waals surface area contributed by atoms with Gasteiger partial charge in [-0.05, 0) is 43.3 Å². The average molecular weight is 266 g/mol. The molecule has 2 rings (SSSR count). The number of benzene rings is 1. The van der Waals surface area contributed by atoms with Crippen LogP contribution in [0.2, 0.25) is 0 Å². The Morgan fingerprint density at radius 1 is 1.22 bits per heavy atom. The van der Waals surface area contributed by atoms with E-state index < -0.39 is 10.0 Å². The van der Waals surface area contributed by atoms with Crippen molar-refractivity contribution in [2.75, 3.05) is 5.32 Å². The predicted octanol–water partition coefficient (Wildman–Crippen LogP) is 2.10. The summed E-state index contributed by atoms with van der Waals surface area (Å²) < 4.78 is 27.5. The highest BCUT2D eigenvalue weighted by molar-refractivity contribution is 7.89. The number of hydrogen-bond donors (Lipinski definition) is 2. The Morgan fingerprint density at radius 3 is 2.39 bits per heavy atom. The fraction of sp³-hybridized carbons (Fsp3) is 0.167. The van der Waals surface area contributed by atoms with Gasteiger partial charge in [0.05, 0.1) is 17.2 Å². The average Bonchev–Trinajstić information content (AvgIpc) is 2.82. The van der Waals surface area contributed by atoms with E-state index in [1.165, 1.54) is 12.1 Å². The van der Waals surface area contributed by atoms with Crippen molar-refractivity contribution >= 4 is 15.7 Å². The molecule has 96 valence electrons. The molecule has 0 radical (unpaired) electrons. The van der Waals surface area contributed by atoms with Crippen molar-refractivity contribution in [3.63, 3.8) is 0 Å². The Balaban J connectivity index is 2.12. The second-order valence-electron chi connectivity index (χ2n) is 3.95. The summed E-state index contributed by atoms with van der Waals surface area (Å²) in [4.78, 5) is 0.0960. The number of sulfonamides is 1. The standard InChI is InChI=1S/C12H14N2O3S/c1-9(12-3-2-8-17-12)14-10-4-6-11(7-5-10)18(13,15)16/h2-9,14H,1H3,(H2,13,15,16). The summed E-state index contributed by atoms with van der Waals surface area (Å²) in [5.74, 6) is 0.811. The molecular formula is C12H14N2O3S. The Morgan fingerprint density at radius 2 is 1.89 bits per heavy atom. The quantitative estimate of drug-likeness (QED) is 0.887. The SMILES string of the molecule is CC(Nc1ccc(S(N)(=O)=O)cc1)c1ccco1. The monoisotopic (exact) mass is 266 g/mol. The number of primary sulfonamides is 1. The van der Waals surface area contributed by atoms with Gasteiger partial charge in [-0.3, -0.25) is 0 Å². The second kappa shape index (κ2) is 4.83. The molecule has 1 aromatic carbocycles. The Kier molecular flexibility index (Phi) is 3.40. The summed E-state index contributed by atoms with van der Waals surface area (Å²) in [6.07, 6.45) is 1.61. The minimum Gasteiger partial charge on any atom is -0.467 e. The summed E-state index contributed by atoms with van der Waals surface area (Å²) in [6, 6.07) is 9.95. The van der Waals surface area contributed by atoms with Crippen LogP contribution in [0, 0.1) is 0 Å². The van der Waals surface area contributed by atoms with Crippen molar-refractivity contribution in [1.29, 1.82) is 0 Å². The lowest BCUT2D eigenvalue weighted by molar-refractivity contribution is 0.490. The van der Waals surface area contributed by atoms with Crippen LogP contribution in [0.3, 0.4) is 0 Å². The summed E-state index contributed by atoms with van der Waals surface area (Å²) in [6.45, 7) is 1.95. The zero-order chi connectivity index (χ0) is 13.2. The van der Waals surface area contributed by atoms with E-state index in [4.69, 9.17) is 9.56 Å². The molecule has 18 heavy (non-hydrogen) atoms. The maximum atomic E-state index is 11.1. The molecule has 3 N–H and O–H groups in total. The van der Waals surface area contributed by atoms with E-state index in [0.717, 1.165) is 11.4 Å². The molecule has 0 fully saturated rings. The minimum absolute atomic E-state index is 0.000309. The van der Waals surface area contributed by atoms with Crippen LogP contribution < -0.4 is 10.5 Å². The largest absolute Gasteiger partial charge is 0.467 e. The molecule has 5 nitrogen and oxygen atoms in total. The van der Waals surface area contributed by atoms with Gasteiger partial charge in [0.25, 0.3) is 0 Å². The van der Waals surface area contributed by atoms with Crippen LogP contribution in [0.4, 0.5) is 5.69 Å². The first kappa shape index (κ1) is 12.7. The molecule has 0 aliphatic heterocycles. The van der Waals surface area contributed by atoms with Crippen molar-refractivity contribution in [1.82, 2.24) is 0 Å². The fourth-order valence-electron chi connectivity index (χ4n) is 1.60. The number of hydrogen-bond acceptors (Lipinski definition) is 4. The number of anilines is 1. The smallest absolute Gasteiger partial charge is 0.238 e. The Labute approximate surface area is 106 Å². The number of nitrogens with two attached hydrogens (primary N) is 1. The van der Waals surface area contributed by atoms with Gasteiger partial charge in [-0.15, -0.1) is 0 Å². The minimum atomic E-state index is -3.64. The predicted molar refractivity (Wildman–Crippen MR) is 68.6 cm³/mol. The molecule has 0 saturated heterocycles. The summed E-state index contributed by atoms with van der Waals surface area (Å²) in [5.41, 5.74) is 0.798. The molecule has 0 bridgehead atoms. The first-order valence-corrected chi connectivity index (χ1v) is 6.94. The van der Waals surface area contributed by atoms with E-state index in [1.54, 1.807) is 18.4 Å². The summed E-state index contributed by atoms with van der Waals surface area (Å²) in [7, 11) is -3.64. The van der Waals surface area contributed by atoms with E-state index in [0.29, 0.717) is 0 Å². The van der Waals surface area contributed by atoms with E-state index >= 15 is 0 Å². The summed E-state index contributed by atoms with van der Waals surface area (Å²) >= 11 is 0. The second-order valence-corrected chi connectivity index (χ2v) is 5.51. The van der Waals surface area contributed by atoms with Crippen LogP contribution in [0.25, 0.3) is 0 Å². The van der Waals surface area contributed by atoms with Crippen LogP contribution in [-0.4, -0.2) is 8.42 Å². The van der Waals surface area contributed by atoms with E-state index in [2.05, 4.69) is 5.32 Å². The number of rotatable bonds is 4. The van der Waals surface area contributed by atoms with Crippen molar-refractivity contribution < 1.29 is 12.8 Å². The molecule has 0 aliphatic rings. The zero-order valence-electron chi connectivity index (χ0n) is 9.83. The normalized spacial score (nSPS) is 13.2. The third-order valence-corrected chi connectivity index (χ3v) is 3.47. The zero-order valence-corrected chi connectivity index (χ0v) is 10.6.